The maximum Gasteiger partial charge on any atom is 0.273 e. The van der Waals surface area contributed by atoms with Crippen LogP contribution in [0.4, 0.5) is 8.78 Å². The molecule has 0 saturated carbocycles. The van der Waals surface area contributed by atoms with Crippen LogP contribution in [0, 0.1) is 0 Å². The minimum absolute atomic E-state index is 0.306. The zero-order chi connectivity index (χ0) is 7.84. The molecule has 0 amide bonds. The van der Waals surface area contributed by atoms with E-state index in [4.69, 9.17) is 0 Å². The minimum atomic E-state index is -1.83. The molecule has 1 heterocycles. The molecule has 1 aliphatic heterocycles. The zero-order valence-corrected chi connectivity index (χ0v) is 5.63. The third kappa shape index (κ3) is 0.878. The van der Waals surface area contributed by atoms with Crippen LogP contribution in [0.25, 0.3) is 0 Å². The lowest BCUT2D eigenvalue weighted by Gasteiger charge is -1.99. The van der Waals surface area contributed by atoms with E-state index >= 15 is 0 Å². The molecule has 3 heteroatoms. The van der Waals surface area contributed by atoms with Gasteiger partial charge in [-0.2, -0.15) is 4.39 Å². The normalized spacial score (nSPS) is 27.8. The van der Waals surface area contributed by atoms with Crippen LogP contribution >= 0.6 is 0 Å². The zero-order valence-electron chi connectivity index (χ0n) is 5.63. The average molecular weight is 156 g/mol. The molecule has 1 aliphatic rings. The molecule has 0 spiro atoms. The van der Waals surface area contributed by atoms with E-state index in [1.807, 2.05) is 0 Å². The van der Waals surface area contributed by atoms with Crippen molar-refractivity contribution < 1.29 is 13.5 Å². The number of hydrogen-bond acceptors (Lipinski definition) is 1. The maximum absolute atomic E-state index is 12.8. The summed E-state index contributed by atoms with van der Waals surface area (Å²) in [6.07, 6.45) is -3.45. The first-order valence-corrected chi connectivity index (χ1v) is 3.33. The fourth-order valence-corrected chi connectivity index (χ4v) is 1.14. The van der Waals surface area contributed by atoms with Gasteiger partial charge >= 0.3 is 0 Å². The van der Waals surface area contributed by atoms with E-state index in [0.717, 1.165) is 0 Å². The summed E-state index contributed by atoms with van der Waals surface area (Å²) >= 11 is 0. The highest BCUT2D eigenvalue weighted by Gasteiger charge is 2.33. The fourth-order valence-electron chi connectivity index (χ4n) is 1.14. The largest absolute Gasteiger partial charge is 0.456 e. The van der Waals surface area contributed by atoms with E-state index in [0.29, 0.717) is 11.3 Å². The molecule has 0 N–H and O–H groups in total. The monoisotopic (exact) mass is 156 g/mol. The van der Waals surface area contributed by atoms with E-state index in [9.17, 15) is 8.78 Å². The van der Waals surface area contributed by atoms with Gasteiger partial charge < -0.3 is 4.74 Å². The van der Waals surface area contributed by atoms with Crippen LogP contribution in [0.3, 0.4) is 0 Å². The van der Waals surface area contributed by atoms with Crippen molar-refractivity contribution in [1.82, 2.24) is 0 Å². The molecule has 1 aromatic rings. The van der Waals surface area contributed by atoms with Crippen LogP contribution in [0.5, 0.6) is 5.75 Å². The Labute approximate surface area is 62.6 Å². The Balaban J connectivity index is 2.47. The standard InChI is InChI=1S/C8H6F2O/c9-7-5-3-1-2-4-6(5)11-8(7)10/h1-4,7-8H/t7-,8-/m0/s1. The number of ether oxygens (including phenoxy) is 1. The number of rotatable bonds is 0. The Morgan fingerprint density at radius 3 is 2.64 bits per heavy atom. The van der Waals surface area contributed by atoms with Crippen LogP contribution in [0.1, 0.15) is 11.7 Å². The van der Waals surface area contributed by atoms with Crippen molar-refractivity contribution in [3.05, 3.63) is 29.8 Å². The number of hydrogen-bond donors (Lipinski definition) is 0. The summed E-state index contributed by atoms with van der Waals surface area (Å²) in [4.78, 5) is 0. The summed E-state index contributed by atoms with van der Waals surface area (Å²) in [6, 6.07) is 6.43. The number of alkyl halides is 2. The lowest BCUT2D eigenvalue weighted by Crippen LogP contribution is -2.07. The number of benzene rings is 1. The van der Waals surface area contributed by atoms with Gasteiger partial charge in [-0.25, -0.2) is 4.39 Å². The predicted molar refractivity (Wildman–Crippen MR) is 35.8 cm³/mol. The van der Waals surface area contributed by atoms with Crippen molar-refractivity contribution in [2.45, 2.75) is 12.5 Å². The van der Waals surface area contributed by atoms with Gasteiger partial charge in [0.1, 0.15) is 5.75 Å². The van der Waals surface area contributed by atoms with Crippen molar-refractivity contribution in [3.8, 4) is 5.75 Å². The molecular formula is C8H6F2O. The Morgan fingerprint density at radius 2 is 1.91 bits per heavy atom. The quantitative estimate of drug-likeness (QED) is 0.560. The average Bonchev–Trinajstić information content (AvgIpc) is 2.30. The number of fused-ring (bicyclic) bond motifs is 1. The van der Waals surface area contributed by atoms with Gasteiger partial charge in [0.15, 0.2) is 6.17 Å². The van der Waals surface area contributed by atoms with Gasteiger partial charge in [0, 0.05) is 5.56 Å². The van der Waals surface area contributed by atoms with E-state index in [1.165, 1.54) is 6.07 Å². The topological polar surface area (TPSA) is 9.23 Å². The lowest BCUT2D eigenvalue weighted by molar-refractivity contribution is 0.0216. The van der Waals surface area contributed by atoms with Gasteiger partial charge in [-0.3, -0.25) is 0 Å². The summed E-state index contributed by atoms with van der Waals surface area (Å²) in [5.74, 6) is 0.313. The molecular weight excluding hydrogens is 150 g/mol. The van der Waals surface area contributed by atoms with Crippen LogP contribution < -0.4 is 4.74 Å². The van der Waals surface area contributed by atoms with Crippen molar-refractivity contribution in [2.75, 3.05) is 0 Å². The maximum atomic E-state index is 12.8. The molecule has 0 radical (unpaired) electrons. The van der Waals surface area contributed by atoms with Crippen LogP contribution in [-0.4, -0.2) is 6.36 Å². The Kier molecular flexibility index (Phi) is 1.31. The van der Waals surface area contributed by atoms with Crippen LogP contribution in [0.15, 0.2) is 24.3 Å². The third-order valence-electron chi connectivity index (χ3n) is 1.69. The molecule has 0 aromatic heterocycles. The first kappa shape index (κ1) is 6.58. The molecule has 0 unspecified atom stereocenters. The van der Waals surface area contributed by atoms with E-state index in [2.05, 4.69) is 4.74 Å². The Hall–Kier alpha value is -1.12. The summed E-state index contributed by atoms with van der Waals surface area (Å²) in [5, 5.41) is 0. The summed E-state index contributed by atoms with van der Waals surface area (Å²) in [5.41, 5.74) is 0.306. The van der Waals surface area contributed by atoms with Gasteiger partial charge in [0.05, 0.1) is 0 Å². The molecule has 1 nitrogen and oxygen atoms in total. The molecule has 0 fully saturated rings. The predicted octanol–water partition coefficient (Wildman–Crippen LogP) is 2.39. The highest BCUT2D eigenvalue weighted by molar-refractivity contribution is 5.38. The first-order valence-electron chi connectivity index (χ1n) is 3.33. The second kappa shape index (κ2) is 2.19. The Morgan fingerprint density at radius 1 is 1.18 bits per heavy atom. The van der Waals surface area contributed by atoms with Gasteiger partial charge in [0.2, 0.25) is 0 Å². The number of para-hydroxylation sites is 1. The number of halogens is 2. The van der Waals surface area contributed by atoms with Crippen molar-refractivity contribution in [1.29, 1.82) is 0 Å². The molecule has 1 aromatic carbocycles. The van der Waals surface area contributed by atoms with Crippen molar-refractivity contribution >= 4 is 0 Å². The molecule has 2 atom stereocenters. The third-order valence-corrected chi connectivity index (χ3v) is 1.69. The highest BCUT2D eigenvalue weighted by atomic mass is 19.2. The van der Waals surface area contributed by atoms with Crippen molar-refractivity contribution in [2.24, 2.45) is 0 Å². The van der Waals surface area contributed by atoms with Gasteiger partial charge in [-0.05, 0) is 6.07 Å². The lowest BCUT2D eigenvalue weighted by atomic mass is 10.1. The van der Waals surface area contributed by atoms with E-state index in [1.54, 1.807) is 18.2 Å². The van der Waals surface area contributed by atoms with Gasteiger partial charge in [-0.1, -0.05) is 18.2 Å². The van der Waals surface area contributed by atoms with Gasteiger partial charge in [-0.15, -0.1) is 0 Å². The first-order chi connectivity index (χ1) is 5.29. The second-order valence-corrected chi connectivity index (χ2v) is 2.41. The second-order valence-electron chi connectivity index (χ2n) is 2.41. The molecule has 58 valence electrons. The smallest absolute Gasteiger partial charge is 0.273 e. The summed E-state index contributed by atoms with van der Waals surface area (Å²) in [7, 11) is 0. The molecule has 0 saturated heterocycles. The van der Waals surface area contributed by atoms with Gasteiger partial charge in [0.25, 0.3) is 6.36 Å². The molecule has 11 heavy (non-hydrogen) atoms. The highest BCUT2D eigenvalue weighted by Crippen LogP contribution is 2.39. The minimum Gasteiger partial charge on any atom is -0.456 e. The molecule has 0 bridgehead atoms. The van der Waals surface area contributed by atoms with E-state index < -0.39 is 12.5 Å². The fraction of sp³-hybridized carbons (Fsp3) is 0.250. The van der Waals surface area contributed by atoms with Crippen molar-refractivity contribution in [3.63, 3.8) is 0 Å². The van der Waals surface area contributed by atoms with Crippen LogP contribution in [-0.2, 0) is 0 Å². The SMILES string of the molecule is F[C@H]1Oc2ccccc2[C@@H]1F. The van der Waals surface area contributed by atoms with Crippen LogP contribution in [0.2, 0.25) is 0 Å². The molecule has 2 rings (SSSR count). The summed E-state index contributed by atoms with van der Waals surface area (Å²) in [6.45, 7) is 0. The Bertz CT molecular complexity index is 275. The summed E-state index contributed by atoms with van der Waals surface area (Å²) < 4.78 is 29.9. The van der Waals surface area contributed by atoms with E-state index in [-0.39, 0.29) is 0 Å². The molecule has 0 aliphatic carbocycles.